The summed E-state index contributed by atoms with van der Waals surface area (Å²) in [5.74, 6) is 2.83. The quantitative estimate of drug-likeness (QED) is 0.470. The Hall–Kier alpha value is -3.04. The van der Waals surface area contributed by atoms with Crippen LogP contribution in [0, 0.1) is 12.3 Å². The van der Waals surface area contributed by atoms with E-state index in [1.54, 1.807) is 30.5 Å². The van der Waals surface area contributed by atoms with Gasteiger partial charge >= 0.3 is 0 Å². The van der Waals surface area contributed by atoms with Crippen molar-refractivity contribution in [2.45, 2.75) is 6.92 Å². The van der Waals surface area contributed by atoms with Crippen LogP contribution in [0.5, 0.6) is 11.5 Å². The summed E-state index contributed by atoms with van der Waals surface area (Å²) in [6.07, 6.45) is 9.69. The van der Waals surface area contributed by atoms with Gasteiger partial charge in [0, 0.05) is 12.4 Å². The molecule has 2 rings (SSSR count). The number of nitrogens with zero attached hydrogens (tertiary/aromatic N) is 2. The van der Waals surface area contributed by atoms with Crippen molar-refractivity contribution >= 4 is 23.7 Å². The number of ether oxygens (including phenoxy) is 2. The molecule has 2 aromatic rings. The van der Waals surface area contributed by atoms with Crippen molar-refractivity contribution < 1.29 is 14.3 Å². The molecule has 7 heteroatoms. The summed E-state index contributed by atoms with van der Waals surface area (Å²) >= 11 is 6.21. The van der Waals surface area contributed by atoms with E-state index < -0.39 is 0 Å². The lowest BCUT2D eigenvalue weighted by molar-refractivity contribution is 0.0955. The van der Waals surface area contributed by atoms with Crippen LogP contribution in [0.4, 0.5) is 0 Å². The van der Waals surface area contributed by atoms with Crippen molar-refractivity contribution in [1.82, 2.24) is 10.4 Å². The summed E-state index contributed by atoms with van der Waals surface area (Å²) in [5.41, 5.74) is 3.46. The minimum atomic E-state index is -0.366. The summed E-state index contributed by atoms with van der Waals surface area (Å²) in [6, 6.07) is 6.64. The first-order valence-electron chi connectivity index (χ1n) is 7.41. The molecule has 0 radical (unpaired) electrons. The van der Waals surface area contributed by atoms with E-state index in [0.717, 1.165) is 0 Å². The third-order valence-electron chi connectivity index (χ3n) is 2.93. The molecule has 0 bridgehead atoms. The fourth-order valence-corrected chi connectivity index (χ4v) is 2.18. The average Bonchev–Trinajstić information content (AvgIpc) is 2.62. The third kappa shape index (κ3) is 5.23. The van der Waals surface area contributed by atoms with Gasteiger partial charge in [-0.05, 0) is 36.8 Å². The average molecular weight is 358 g/mol. The lowest BCUT2D eigenvalue weighted by atomic mass is 10.2. The molecule has 0 fully saturated rings. The zero-order valence-electron chi connectivity index (χ0n) is 13.5. The molecular formula is C18H16ClN3O3. The van der Waals surface area contributed by atoms with Gasteiger partial charge in [-0.2, -0.15) is 5.10 Å². The van der Waals surface area contributed by atoms with Crippen LogP contribution >= 0.6 is 11.6 Å². The smallest absolute Gasteiger partial charge is 0.272 e. The van der Waals surface area contributed by atoms with E-state index in [2.05, 4.69) is 21.4 Å². The Morgan fingerprint density at radius 3 is 3.00 bits per heavy atom. The molecule has 1 aromatic heterocycles. The minimum absolute atomic E-state index is 0.0778. The third-order valence-corrected chi connectivity index (χ3v) is 3.22. The number of pyridine rings is 1. The molecule has 25 heavy (non-hydrogen) atoms. The Bertz CT molecular complexity index is 801. The minimum Gasteiger partial charge on any atom is -0.490 e. The fourth-order valence-electron chi connectivity index (χ4n) is 1.91. The lowest BCUT2D eigenvalue weighted by Gasteiger charge is -2.12. The van der Waals surface area contributed by atoms with Crippen LogP contribution in [0.2, 0.25) is 5.02 Å². The van der Waals surface area contributed by atoms with Gasteiger partial charge in [0.05, 0.1) is 23.4 Å². The molecule has 0 aliphatic heterocycles. The number of halogens is 1. The number of hydrogen-bond donors (Lipinski definition) is 1. The van der Waals surface area contributed by atoms with Crippen molar-refractivity contribution in [1.29, 1.82) is 0 Å². The predicted molar refractivity (Wildman–Crippen MR) is 96.2 cm³/mol. The maximum atomic E-state index is 11.9. The summed E-state index contributed by atoms with van der Waals surface area (Å²) in [5, 5.41) is 4.25. The van der Waals surface area contributed by atoms with E-state index in [4.69, 9.17) is 27.5 Å². The Balaban J connectivity index is 2.13. The molecule has 0 unspecified atom stereocenters. The Labute approximate surface area is 150 Å². The van der Waals surface area contributed by atoms with Gasteiger partial charge in [-0.3, -0.25) is 9.78 Å². The highest BCUT2D eigenvalue weighted by Crippen LogP contribution is 2.36. The van der Waals surface area contributed by atoms with Gasteiger partial charge in [0.1, 0.15) is 6.61 Å². The molecule has 0 atom stereocenters. The molecule has 1 N–H and O–H groups in total. The standard InChI is InChI=1S/C18H16ClN3O3/c1-3-8-25-17-15(19)9-13(10-16(17)24-4-2)11-21-22-18(23)14-6-5-7-20-12-14/h1,5-7,9-12H,4,8H2,2H3,(H,22,23)/b21-11+. The number of hydrogen-bond acceptors (Lipinski definition) is 5. The Kier molecular flexibility index (Phi) is 6.81. The van der Waals surface area contributed by atoms with Crippen molar-refractivity contribution in [3.63, 3.8) is 0 Å². The van der Waals surface area contributed by atoms with Crippen LogP contribution in [-0.4, -0.2) is 30.3 Å². The van der Waals surface area contributed by atoms with Gasteiger partial charge in [-0.1, -0.05) is 17.5 Å². The molecule has 0 aliphatic carbocycles. The normalized spacial score (nSPS) is 10.3. The highest BCUT2D eigenvalue weighted by molar-refractivity contribution is 6.32. The first kappa shape index (κ1) is 18.3. The van der Waals surface area contributed by atoms with Gasteiger partial charge in [-0.25, -0.2) is 5.43 Å². The second-order valence-corrected chi connectivity index (χ2v) is 5.10. The monoisotopic (exact) mass is 357 g/mol. The van der Waals surface area contributed by atoms with Gasteiger partial charge in [-0.15, -0.1) is 6.42 Å². The van der Waals surface area contributed by atoms with Crippen LogP contribution in [0.15, 0.2) is 41.8 Å². The second-order valence-electron chi connectivity index (χ2n) is 4.70. The number of terminal acetylenes is 1. The summed E-state index contributed by atoms with van der Waals surface area (Å²) in [7, 11) is 0. The molecule has 1 aromatic carbocycles. The Morgan fingerprint density at radius 2 is 2.32 bits per heavy atom. The van der Waals surface area contributed by atoms with Gasteiger partial charge in [0.25, 0.3) is 5.91 Å². The number of nitrogens with one attached hydrogen (secondary N) is 1. The van der Waals surface area contributed by atoms with Crippen LogP contribution in [-0.2, 0) is 0 Å². The van der Waals surface area contributed by atoms with Crippen LogP contribution in [0.25, 0.3) is 0 Å². The molecule has 1 amide bonds. The lowest BCUT2D eigenvalue weighted by Crippen LogP contribution is -2.17. The molecule has 0 aliphatic rings. The summed E-state index contributed by atoms with van der Waals surface area (Å²) in [4.78, 5) is 15.8. The van der Waals surface area contributed by atoms with Gasteiger partial charge in [0.2, 0.25) is 0 Å². The van der Waals surface area contributed by atoms with Gasteiger partial charge < -0.3 is 9.47 Å². The first-order valence-corrected chi connectivity index (χ1v) is 7.79. The van der Waals surface area contributed by atoms with E-state index in [-0.39, 0.29) is 12.5 Å². The highest BCUT2D eigenvalue weighted by atomic mass is 35.5. The van der Waals surface area contributed by atoms with Crippen molar-refractivity contribution in [3.05, 3.63) is 52.8 Å². The van der Waals surface area contributed by atoms with Crippen molar-refractivity contribution in [2.24, 2.45) is 5.10 Å². The second kappa shape index (κ2) is 9.30. The molecule has 1 heterocycles. The van der Waals surface area contributed by atoms with E-state index in [1.165, 1.54) is 12.4 Å². The number of aromatic nitrogens is 1. The number of amides is 1. The van der Waals surface area contributed by atoms with E-state index in [1.807, 2.05) is 6.92 Å². The summed E-state index contributed by atoms with van der Waals surface area (Å²) in [6.45, 7) is 2.35. The fraction of sp³-hybridized carbons (Fsp3) is 0.167. The summed E-state index contributed by atoms with van der Waals surface area (Å²) < 4.78 is 10.9. The van der Waals surface area contributed by atoms with E-state index >= 15 is 0 Å². The molecule has 0 spiro atoms. The van der Waals surface area contributed by atoms with Gasteiger partial charge in [0.15, 0.2) is 11.5 Å². The number of carbonyl (C=O) groups excluding carboxylic acids is 1. The number of carbonyl (C=O) groups is 1. The SMILES string of the molecule is C#CCOc1c(Cl)cc(/C=N/NC(=O)c2cccnc2)cc1OCC. The predicted octanol–water partition coefficient (Wildman–Crippen LogP) is 2.91. The van der Waals surface area contributed by atoms with E-state index in [0.29, 0.717) is 34.3 Å². The molecular weight excluding hydrogens is 342 g/mol. The zero-order valence-corrected chi connectivity index (χ0v) is 14.3. The zero-order chi connectivity index (χ0) is 18.1. The van der Waals surface area contributed by atoms with Crippen LogP contribution in [0.3, 0.4) is 0 Å². The molecule has 128 valence electrons. The van der Waals surface area contributed by atoms with Crippen molar-refractivity contribution in [2.75, 3.05) is 13.2 Å². The van der Waals surface area contributed by atoms with Crippen LogP contribution < -0.4 is 14.9 Å². The first-order chi connectivity index (χ1) is 12.2. The number of hydrazone groups is 1. The Morgan fingerprint density at radius 1 is 1.48 bits per heavy atom. The number of benzene rings is 1. The largest absolute Gasteiger partial charge is 0.490 e. The van der Waals surface area contributed by atoms with Crippen LogP contribution in [0.1, 0.15) is 22.8 Å². The molecule has 0 saturated heterocycles. The molecule has 0 saturated carbocycles. The topological polar surface area (TPSA) is 72.8 Å². The van der Waals surface area contributed by atoms with E-state index in [9.17, 15) is 4.79 Å². The van der Waals surface area contributed by atoms with Crippen molar-refractivity contribution in [3.8, 4) is 23.8 Å². The highest BCUT2D eigenvalue weighted by Gasteiger charge is 2.12. The maximum Gasteiger partial charge on any atom is 0.272 e. The maximum absolute atomic E-state index is 11.9. The molecule has 6 nitrogen and oxygen atoms in total. The number of rotatable bonds is 7.